The fraction of sp³-hybridized carbons (Fsp3) is 0.111. The Labute approximate surface area is 166 Å². The molecule has 1 atom stereocenters. The van der Waals surface area contributed by atoms with Crippen LogP contribution in [0.1, 0.15) is 28.5 Å². The molecule has 6 nitrogen and oxygen atoms in total. The van der Waals surface area contributed by atoms with Gasteiger partial charge in [0.25, 0.3) is 5.91 Å². The van der Waals surface area contributed by atoms with Crippen molar-refractivity contribution >= 4 is 42.0 Å². The Morgan fingerprint density at radius 3 is 2.78 bits per heavy atom. The predicted octanol–water partition coefficient (Wildman–Crippen LogP) is 3.25. The molecule has 2 heterocycles. The van der Waals surface area contributed by atoms with Crippen molar-refractivity contribution in [1.82, 2.24) is 4.98 Å². The second kappa shape index (κ2) is 8.24. The van der Waals surface area contributed by atoms with Crippen molar-refractivity contribution < 1.29 is 9.18 Å². The van der Waals surface area contributed by atoms with Crippen LogP contribution in [0, 0.1) is 17.1 Å². The van der Waals surface area contributed by atoms with Gasteiger partial charge in [0, 0.05) is 17.4 Å². The van der Waals surface area contributed by atoms with E-state index in [0.717, 1.165) is 0 Å². The molecule has 0 spiro atoms. The molecule has 1 amide bonds. The molecule has 0 aliphatic carbocycles. The summed E-state index contributed by atoms with van der Waals surface area (Å²) in [6.45, 7) is 1.74. The van der Waals surface area contributed by atoms with Gasteiger partial charge < -0.3 is 11.1 Å². The molecule has 1 aliphatic rings. The molecule has 1 aromatic heterocycles. The number of aliphatic imine (C=N–C) groups is 1. The molecule has 0 fully saturated rings. The highest BCUT2D eigenvalue weighted by atomic mass is 32.2. The van der Waals surface area contributed by atoms with E-state index >= 15 is 0 Å². The lowest BCUT2D eigenvalue weighted by Crippen LogP contribution is -2.25. The number of nitrogens with one attached hydrogen (secondary N) is 1. The molecule has 1 aromatic carbocycles. The van der Waals surface area contributed by atoms with Gasteiger partial charge >= 0.3 is 0 Å². The highest BCUT2D eigenvalue weighted by molar-refractivity contribution is 8.16. The monoisotopic (exact) mass is 401 g/mol. The number of hydrogen-bond acceptors (Lipinski definition) is 6. The van der Waals surface area contributed by atoms with E-state index in [4.69, 9.17) is 11.0 Å². The smallest absolute Gasteiger partial charge is 0.274 e. The van der Waals surface area contributed by atoms with Crippen molar-refractivity contribution in [2.45, 2.75) is 12.5 Å². The van der Waals surface area contributed by atoms with Gasteiger partial charge in [-0.3, -0.25) is 4.79 Å². The van der Waals surface area contributed by atoms with Gasteiger partial charge in [0.15, 0.2) is 5.17 Å². The van der Waals surface area contributed by atoms with E-state index < -0.39 is 17.3 Å². The van der Waals surface area contributed by atoms with Crippen LogP contribution < -0.4 is 11.1 Å². The average Bonchev–Trinajstić information content (AvgIpc) is 2.63. The van der Waals surface area contributed by atoms with Gasteiger partial charge in [0.05, 0.1) is 5.56 Å². The summed E-state index contributed by atoms with van der Waals surface area (Å²) in [5.74, 6) is -0.912. The van der Waals surface area contributed by atoms with Crippen LogP contribution in [0.5, 0.6) is 0 Å². The highest BCUT2D eigenvalue weighted by Crippen LogP contribution is 2.35. The van der Waals surface area contributed by atoms with Crippen molar-refractivity contribution in [3.8, 4) is 6.07 Å². The number of halogens is 1. The maximum atomic E-state index is 14.4. The minimum absolute atomic E-state index is 0. The lowest BCUT2D eigenvalue weighted by molar-refractivity contribution is 0.102. The first-order chi connectivity index (χ1) is 12.4. The van der Waals surface area contributed by atoms with Crippen molar-refractivity contribution in [2.75, 3.05) is 5.32 Å². The molecule has 1 aliphatic heterocycles. The van der Waals surface area contributed by atoms with Crippen LogP contribution in [0.3, 0.4) is 0 Å². The molecule has 0 unspecified atom stereocenters. The number of carbonyl (C=O) groups excluding carboxylic acids is 1. The quantitative estimate of drug-likeness (QED) is 0.822. The fourth-order valence-corrected chi connectivity index (χ4v) is 3.17. The molecule has 3 rings (SSSR count). The molecular weight excluding hydrogens is 385 g/mol. The number of nitriles is 1. The van der Waals surface area contributed by atoms with Gasteiger partial charge in [-0.2, -0.15) is 18.8 Å². The summed E-state index contributed by atoms with van der Waals surface area (Å²) in [5, 5.41) is 13.5. The van der Waals surface area contributed by atoms with E-state index in [9.17, 15) is 9.18 Å². The van der Waals surface area contributed by atoms with Crippen LogP contribution in [-0.4, -0.2) is 16.1 Å². The van der Waals surface area contributed by atoms with E-state index in [1.54, 1.807) is 18.4 Å². The molecule has 9 heteroatoms. The largest absolute Gasteiger partial charge is 0.378 e. The minimum atomic E-state index is -0.952. The van der Waals surface area contributed by atoms with Crippen LogP contribution in [0.25, 0.3) is 0 Å². The molecule has 27 heavy (non-hydrogen) atoms. The average molecular weight is 401 g/mol. The maximum Gasteiger partial charge on any atom is 0.274 e. The Balaban J connectivity index is 0.00000261. The van der Waals surface area contributed by atoms with E-state index in [1.165, 1.54) is 48.3 Å². The maximum absolute atomic E-state index is 14.4. The van der Waals surface area contributed by atoms with Crippen LogP contribution >= 0.6 is 25.3 Å². The normalized spacial score (nSPS) is 18.0. The lowest BCUT2D eigenvalue weighted by atomic mass is 9.92. The molecular formula is C18H16FN5OS2. The predicted molar refractivity (Wildman–Crippen MR) is 109 cm³/mol. The Bertz CT molecular complexity index is 969. The number of aromatic nitrogens is 1. The third-order valence-electron chi connectivity index (χ3n) is 3.82. The third-order valence-corrected chi connectivity index (χ3v) is 4.42. The summed E-state index contributed by atoms with van der Waals surface area (Å²) in [7, 11) is 0. The van der Waals surface area contributed by atoms with Gasteiger partial charge in [0.2, 0.25) is 0 Å². The topological polar surface area (TPSA) is 104 Å². The first kappa shape index (κ1) is 20.5. The Kier molecular flexibility index (Phi) is 6.25. The SMILES string of the molecule is C[C@@]1(c2cc(NC(=O)c3ccc(C#N)cn3)ccc2F)C=CSC(N)=N1.S. The van der Waals surface area contributed by atoms with Gasteiger partial charge in [-0.15, -0.1) is 0 Å². The molecule has 3 N–H and O–H groups in total. The standard InChI is InChI=1S/C18H14FN5OS.H2S/c1-18(6-7-26-17(21)24-18)13-8-12(3-4-14(13)19)23-16(25)15-5-2-11(9-20)10-22-15;/h2-8,10H,1H3,(H2,21,24)(H,23,25);1H2/t18-;/m0./s1. The lowest BCUT2D eigenvalue weighted by Gasteiger charge is -2.26. The summed E-state index contributed by atoms with van der Waals surface area (Å²) in [6.07, 6.45) is 3.06. The second-order valence-corrected chi connectivity index (χ2v) is 6.64. The first-order valence-corrected chi connectivity index (χ1v) is 8.46. The zero-order valence-electron chi connectivity index (χ0n) is 14.2. The number of rotatable bonds is 3. The van der Waals surface area contributed by atoms with E-state index in [0.29, 0.717) is 22.0 Å². The Hall–Kier alpha value is -2.83. The second-order valence-electron chi connectivity index (χ2n) is 5.71. The zero-order chi connectivity index (χ0) is 18.7. The van der Waals surface area contributed by atoms with Crippen molar-refractivity contribution in [3.05, 3.63) is 70.7 Å². The number of amidine groups is 1. The molecule has 0 bridgehead atoms. The number of hydrogen-bond donors (Lipinski definition) is 2. The van der Waals surface area contributed by atoms with E-state index in [2.05, 4.69) is 15.3 Å². The molecule has 0 saturated carbocycles. The first-order valence-electron chi connectivity index (χ1n) is 7.58. The number of carbonyl (C=O) groups is 1. The summed E-state index contributed by atoms with van der Waals surface area (Å²) in [5.41, 5.74) is 6.01. The summed E-state index contributed by atoms with van der Waals surface area (Å²) >= 11 is 1.26. The molecule has 0 radical (unpaired) electrons. The summed E-state index contributed by atoms with van der Waals surface area (Å²) in [4.78, 5) is 20.6. The number of anilines is 1. The van der Waals surface area contributed by atoms with Gasteiger partial charge in [-0.05, 0) is 48.7 Å². The van der Waals surface area contributed by atoms with Crippen molar-refractivity contribution in [3.63, 3.8) is 0 Å². The van der Waals surface area contributed by atoms with E-state index in [-0.39, 0.29) is 19.2 Å². The Morgan fingerprint density at radius 2 is 2.15 bits per heavy atom. The minimum Gasteiger partial charge on any atom is -0.378 e. The van der Waals surface area contributed by atoms with Crippen LogP contribution in [0.2, 0.25) is 0 Å². The van der Waals surface area contributed by atoms with Gasteiger partial charge in [0.1, 0.15) is 23.1 Å². The number of nitrogens with two attached hydrogens (primary N) is 1. The summed E-state index contributed by atoms with van der Waals surface area (Å²) < 4.78 is 14.4. The zero-order valence-corrected chi connectivity index (χ0v) is 16.0. The van der Waals surface area contributed by atoms with Crippen LogP contribution in [0.4, 0.5) is 10.1 Å². The number of nitrogens with zero attached hydrogens (tertiary/aromatic N) is 3. The van der Waals surface area contributed by atoms with Gasteiger partial charge in [-0.25, -0.2) is 14.4 Å². The van der Waals surface area contributed by atoms with Crippen molar-refractivity contribution in [1.29, 1.82) is 5.26 Å². The highest BCUT2D eigenvalue weighted by Gasteiger charge is 2.29. The molecule has 2 aromatic rings. The number of thioether (sulfide) groups is 1. The van der Waals surface area contributed by atoms with Crippen LogP contribution in [-0.2, 0) is 5.54 Å². The third kappa shape index (κ3) is 4.48. The molecule has 138 valence electrons. The Morgan fingerprint density at radius 1 is 1.37 bits per heavy atom. The number of pyridine rings is 1. The van der Waals surface area contributed by atoms with Crippen molar-refractivity contribution in [2.24, 2.45) is 10.7 Å². The number of amides is 1. The van der Waals surface area contributed by atoms with E-state index in [1.807, 2.05) is 6.07 Å². The number of benzene rings is 1. The fourth-order valence-electron chi connectivity index (χ4n) is 2.46. The summed E-state index contributed by atoms with van der Waals surface area (Å²) in [6, 6.07) is 9.13. The van der Waals surface area contributed by atoms with Gasteiger partial charge in [-0.1, -0.05) is 11.8 Å². The van der Waals surface area contributed by atoms with Crippen LogP contribution in [0.15, 0.2) is 53.0 Å². The molecule has 0 saturated heterocycles.